The molecule has 2 rings (SSSR count). The van der Waals surface area contributed by atoms with Crippen molar-refractivity contribution >= 4 is 11.7 Å². The van der Waals surface area contributed by atoms with Crippen molar-refractivity contribution in [2.75, 3.05) is 44.3 Å². The Morgan fingerprint density at radius 3 is 3.00 bits per heavy atom. The van der Waals surface area contributed by atoms with Crippen LogP contribution in [-0.2, 0) is 4.74 Å². The summed E-state index contributed by atoms with van der Waals surface area (Å²) in [6.07, 6.45) is 1.70. The van der Waals surface area contributed by atoms with E-state index in [4.69, 9.17) is 10.5 Å². The van der Waals surface area contributed by atoms with Crippen molar-refractivity contribution in [3.8, 4) is 0 Å². The second-order valence-corrected chi connectivity index (χ2v) is 4.02. The molecule has 1 saturated heterocycles. The Hall–Kier alpha value is -1.66. The molecule has 1 aliphatic rings. The van der Waals surface area contributed by atoms with Crippen LogP contribution in [0.1, 0.15) is 10.4 Å². The van der Waals surface area contributed by atoms with E-state index >= 15 is 0 Å². The molecular weight excluding hydrogens is 232 g/mol. The topological polar surface area (TPSA) is 80.5 Å². The minimum absolute atomic E-state index is 0.130. The number of hydrogen-bond donors (Lipinski definition) is 2. The molecule has 0 atom stereocenters. The van der Waals surface area contributed by atoms with E-state index in [1.807, 2.05) is 0 Å². The number of rotatable bonds is 4. The van der Waals surface area contributed by atoms with Crippen molar-refractivity contribution in [2.45, 2.75) is 0 Å². The third-order valence-corrected chi connectivity index (χ3v) is 2.77. The number of nitrogens with zero attached hydrogens (tertiary/aromatic N) is 2. The van der Waals surface area contributed by atoms with Crippen molar-refractivity contribution in [3.63, 3.8) is 0 Å². The minimum Gasteiger partial charge on any atom is -0.378 e. The normalized spacial score (nSPS) is 15.5. The number of carbonyl (C=O) groups is 1. The van der Waals surface area contributed by atoms with Gasteiger partial charge in [-0.2, -0.15) is 0 Å². The highest BCUT2D eigenvalue weighted by Gasteiger charge is 2.19. The number of nitrogens with two attached hydrogens (primary N) is 1. The Labute approximate surface area is 106 Å². The number of ether oxygens (including phenoxy) is 1. The smallest absolute Gasteiger partial charge is 0.255 e. The molecule has 18 heavy (non-hydrogen) atoms. The molecular formula is C12H18N4O2. The second-order valence-electron chi connectivity index (χ2n) is 4.02. The van der Waals surface area contributed by atoms with Crippen LogP contribution in [0.3, 0.4) is 0 Å². The summed E-state index contributed by atoms with van der Waals surface area (Å²) in [6, 6.07) is 3.55. The molecule has 1 amide bonds. The molecule has 1 aliphatic heterocycles. The molecule has 6 nitrogen and oxygen atoms in total. The van der Waals surface area contributed by atoms with Gasteiger partial charge in [-0.05, 0) is 12.1 Å². The summed E-state index contributed by atoms with van der Waals surface area (Å²) in [7, 11) is 0. The van der Waals surface area contributed by atoms with Gasteiger partial charge in [0.25, 0.3) is 5.91 Å². The van der Waals surface area contributed by atoms with Crippen LogP contribution in [-0.4, -0.2) is 50.3 Å². The van der Waals surface area contributed by atoms with Gasteiger partial charge >= 0.3 is 0 Å². The number of aromatic nitrogens is 1. The van der Waals surface area contributed by atoms with Crippen LogP contribution in [0.25, 0.3) is 0 Å². The zero-order valence-corrected chi connectivity index (χ0v) is 10.3. The standard InChI is InChI=1S/C12H18N4O2/c13-3-5-15-12(17)10-2-1-4-14-11(10)16-6-8-18-9-7-16/h1-2,4H,3,5-9,13H2,(H,15,17). The summed E-state index contributed by atoms with van der Waals surface area (Å²) >= 11 is 0. The maximum Gasteiger partial charge on any atom is 0.255 e. The van der Waals surface area contributed by atoms with Gasteiger partial charge in [0.05, 0.1) is 18.8 Å². The lowest BCUT2D eigenvalue weighted by atomic mass is 10.2. The first-order valence-electron chi connectivity index (χ1n) is 6.09. The SMILES string of the molecule is NCCNC(=O)c1cccnc1N1CCOCC1. The number of amides is 1. The predicted octanol–water partition coefficient (Wildman–Crippen LogP) is -0.393. The van der Waals surface area contributed by atoms with Crippen LogP contribution in [0, 0.1) is 0 Å². The fourth-order valence-corrected chi connectivity index (χ4v) is 1.88. The molecule has 0 spiro atoms. The van der Waals surface area contributed by atoms with Gasteiger partial charge in [0.15, 0.2) is 0 Å². The first-order valence-corrected chi connectivity index (χ1v) is 6.09. The molecule has 0 radical (unpaired) electrons. The fraction of sp³-hybridized carbons (Fsp3) is 0.500. The predicted molar refractivity (Wildman–Crippen MR) is 68.7 cm³/mol. The molecule has 1 aromatic rings. The van der Waals surface area contributed by atoms with Crippen LogP contribution in [0.5, 0.6) is 0 Å². The molecule has 2 heterocycles. The van der Waals surface area contributed by atoms with Gasteiger partial charge in [-0.15, -0.1) is 0 Å². The summed E-state index contributed by atoms with van der Waals surface area (Å²) in [6.45, 7) is 3.75. The maximum absolute atomic E-state index is 12.0. The third kappa shape index (κ3) is 2.96. The number of morpholine rings is 1. The lowest BCUT2D eigenvalue weighted by Gasteiger charge is -2.29. The molecule has 98 valence electrons. The highest BCUT2D eigenvalue weighted by molar-refractivity contribution is 5.98. The average Bonchev–Trinajstić information content (AvgIpc) is 2.45. The van der Waals surface area contributed by atoms with Gasteiger partial charge in [0.2, 0.25) is 0 Å². The Morgan fingerprint density at radius 1 is 1.50 bits per heavy atom. The van der Waals surface area contributed by atoms with Gasteiger partial charge in [-0.3, -0.25) is 4.79 Å². The summed E-state index contributed by atoms with van der Waals surface area (Å²) < 4.78 is 5.30. The highest BCUT2D eigenvalue weighted by Crippen LogP contribution is 2.18. The number of hydrogen-bond acceptors (Lipinski definition) is 5. The van der Waals surface area contributed by atoms with Crippen molar-refractivity contribution in [1.82, 2.24) is 10.3 Å². The van der Waals surface area contributed by atoms with E-state index < -0.39 is 0 Å². The first-order chi connectivity index (χ1) is 8.83. The average molecular weight is 250 g/mol. The Morgan fingerprint density at radius 2 is 2.28 bits per heavy atom. The minimum atomic E-state index is -0.130. The van der Waals surface area contributed by atoms with Crippen LogP contribution in [0.4, 0.5) is 5.82 Å². The van der Waals surface area contributed by atoms with Gasteiger partial charge in [-0.1, -0.05) is 0 Å². The Balaban J connectivity index is 2.16. The van der Waals surface area contributed by atoms with Crippen molar-refractivity contribution in [1.29, 1.82) is 0 Å². The number of anilines is 1. The first kappa shape index (κ1) is 12.8. The van der Waals surface area contributed by atoms with Crippen molar-refractivity contribution in [2.24, 2.45) is 5.73 Å². The largest absolute Gasteiger partial charge is 0.378 e. The molecule has 1 fully saturated rings. The highest BCUT2D eigenvalue weighted by atomic mass is 16.5. The lowest BCUT2D eigenvalue weighted by molar-refractivity contribution is 0.0952. The molecule has 0 bridgehead atoms. The maximum atomic E-state index is 12.0. The van der Waals surface area contributed by atoms with E-state index in [9.17, 15) is 4.79 Å². The number of nitrogens with one attached hydrogen (secondary N) is 1. The Kier molecular flexibility index (Phi) is 4.49. The zero-order valence-electron chi connectivity index (χ0n) is 10.3. The molecule has 6 heteroatoms. The molecule has 1 aromatic heterocycles. The van der Waals surface area contributed by atoms with E-state index in [-0.39, 0.29) is 5.91 Å². The van der Waals surface area contributed by atoms with Crippen molar-refractivity contribution < 1.29 is 9.53 Å². The zero-order chi connectivity index (χ0) is 12.8. The molecule has 0 aliphatic carbocycles. The van der Waals surface area contributed by atoms with E-state index in [0.29, 0.717) is 31.9 Å². The van der Waals surface area contributed by atoms with Gasteiger partial charge < -0.3 is 20.7 Å². The second kappa shape index (κ2) is 6.32. The van der Waals surface area contributed by atoms with Crippen molar-refractivity contribution in [3.05, 3.63) is 23.9 Å². The summed E-state index contributed by atoms with van der Waals surface area (Å²) in [5.41, 5.74) is 5.97. The summed E-state index contributed by atoms with van der Waals surface area (Å²) in [4.78, 5) is 18.4. The monoisotopic (exact) mass is 250 g/mol. The molecule has 0 saturated carbocycles. The molecule has 3 N–H and O–H groups in total. The van der Waals surface area contributed by atoms with Gasteiger partial charge in [0.1, 0.15) is 5.82 Å². The van der Waals surface area contributed by atoms with Crippen LogP contribution < -0.4 is 16.0 Å². The van der Waals surface area contributed by atoms with Crippen LogP contribution in [0.2, 0.25) is 0 Å². The van der Waals surface area contributed by atoms with Crippen LogP contribution in [0.15, 0.2) is 18.3 Å². The summed E-state index contributed by atoms with van der Waals surface area (Å²) in [5, 5.41) is 2.77. The van der Waals surface area contributed by atoms with E-state index in [0.717, 1.165) is 18.9 Å². The molecule has 0 aromatic carbocycles. The fourth-order valence-electron chi connectivity index (χ4n) is 1.88. The number of carbonyl (C=O) groups excluding carboxylic acids is 1. The van der Waals surface area contributed by atoms with Gasteiger partial charge in [0, 0.05) is 32.4 Å². The van der Waals surface area contributed by atoms with E-state index in [2.05, 4.69) is 15.2 Å². The van der Waals surface area contributed by atoms with E-state index in [1.165, 1.54) is 0 Å². The van der Waals surface area contributed by atoms with Gasteiger partial charge in [-0.25, -0.2) is 4.98 Å². The molecule has 0 unspecified atom stereocenters. The lowest BCUT2D eigenvalue weighted by Crippen LogP contribution is -2.39. The quantitative estimate of drug-likeness (QED) is 0.760. The third-order valence-electron chi connectivity index (χ3n) is 2.77. The van der Waals surface area contributed by atoms with E-state index in [1.54, 1.807) is 18.3 Å². The Bertz CT molecular complexity index is 405. The number of pyridine rings is 1. The van der Waals surface area contributed by atoms with Crippen LogP contribution >= 0.6 is 0 Å². The summed E-state index contributed by atoms with van der Waals surface area (Å²) in [5.74, 6) is 0.588.